The number of hydrazine groups is 2. The van der Waals surface area contributed by atoms with Crippen molar-refractivity contribution in [1.82, 2.24) is 21.1 Å². The van der Waals surface area contributed by atoms with Gasteiger partial charge in [-0.25, -0.2) is 5.53 Å². The van der Waals surface area contributed by atoms with E-state index in [4.69, 9.17) is 0 Å². The quantitative estimate of drug-likeness (QED) is 0.311. The second-order valence-electron chi connectivity index (χ2n) is 11.3. The predicted molar refractivity (Wildman–Crippen MR) is 140 cm³/mol. The number of amidine groups is 1. The average molecular weight is 541 g/mol. The molecule has 0 radical (unpaired) electrons. The van der Waals surface area contributed by atoms with Crippen molar-refractivity contribution in [3.63, 3.8) is 0 Å². The number of carbonyl (C=O) groups is 1. The van der Waals surface area contributed by atoms with E-state index in [1.807, 2.05) is 18.2 Å². The third-order valence-corrected chi connectivity index (χ3v) is 7.34. The number of carbonyl (C=O) groups excluding carboxylic acids is 1. The SMILES string of the molecule is CC(C)(C)c1cc2cc(NC(=O)C3(c4ccc5c(c4)OC(F)(F)O5)CC3)ccc2n1CC(O)CC1=NNNN1. The van der Waals surface area contributed by atoms with E-state index in [-0.39, 0.29) is 22.8 Å². The highest BCUT2D eigenvalue weighted by Crippen LogP contribution is 2.52. The first-order valence-electron chi connectivity index (χ1n) is 12.8. The van der Waals surface area contributed by atoms with Crippen LogP contribution in [0.4, 0.5) is 14.5 Å². The van der Waals surface area contributed by atoms with Crippen LogP contribution >= 0.6 is 0 Å². The first-order chi connectivity index (χ1) is 18.4. The minimum atomic E-state index is -3.70. The van der Waals surface area contributed by atoms with E-state index in [9.17, 15) is 18.7 Å². The molecule has 1 amide bonds. The maximum absolute atomic E-state index is 13.5. The Hall–Kier alpha value is -3.90. The molecule has 0 saturated heterocycles. The number of aromatic nitrogens is 1. The fourth-order valence-electron chi connectivity index (χ4n) is 5.25. The number of rotatable bonds is 7. The Labute approximate surface area is 223 Å². The van der Waals surface area contributed by atoms with Crippen molar-refractivity contribution in [2.45, 2.75) is 69.8 Å². The summed E-state index contributed by atoms with van der Waals surface area (Å²) in [7, 11) is 0. The van der Waals surface area contributed by atoms with E-state index in [0.29, 0.717) is 42.9 Å². The molecule has 1 aromatic heterocycles. The zero-order valence-electron chi connectivity index (χ0n) is 21.8. The second kappa shape index (κ2) is 8.82. The molecule has 1 unspecified atom stereocenters. The molecule has 12 heteroatoms. The molecule has 1 saturated carbocycles. The summed E-state index contributed by atoms with van der Waals surface area (Å²) < 4.78 is 38.1. The average Bonchev–Trinajstić information content (AvgIpc) is 3.18. The smallest absolute Gasteiger partial charge is 0.395 e. The van der Waals surface area contributed by atoms with Crippen LogP contribution in [-0.2, 0) is 22.2 Å². The van der Waals surface area contributed by atoms with E-state index < -0.39 is 17.8 Å². The Kier molecular flexibility index (Phi) is 5.74. The van der Waals surface area contributed by atoms with E-state index in [2.05, 4.69) is 67.8 Å². The van der Waals surface area contributed by atoms with Crippen LogP contribution in [0.2, 0.25) is 0 Å². The van der Waals surface area contributed by atoms with E-state index in [1.165, 1.54) is 12.1 Å². The Morgan fingerprint density at radius 1 is 1.15 bits per heavy atom. The lowest BCUT2D eigenvalue weighted by Gasteiger charge is -2.23. The van der Waals surface area contributed by atoms with Gasteiger partial charge in [-0.15, -0.1) is 19.4 Å². The molecular weight excluding hydrogens is 510 g/mol. The van der Waals surface area contributed by atoms with Gasteiger partial charge in [-0.2, -0.15) is 0 Å². The Bertz CT molecular complexity index is 1490. The Morgan fingerprint density at radius 2 is 1.92 bits per heavy atom. The number of anilines is 1. The molecular formula is C27H30F2N6O4. The van der Waals surface area contributed by atoms with Crippen LogP contribution in [0, 0.1) is 0 Å². The molecule has 0 bridgehead atoms. The minimum Gasteiger partial charge on any atom is -0.395 e. The molecule has 39 heavy (non-hydrogen) atoms. The van der Waals surface area contributed by atoms with E-state index in [1.54, 1.807) is 6.07 Å². The fraction of sp³-hybridized carbons (Fsp3) is 0.407. The molecule has 3 heterocycles. The number of hydrazone groups is 1. The standard InChI is InChI=1S/C27H30F2N6O4/c1-25(2,3)22-11-15-10-17(5-6-19(15)35(22)14-18(36)13-23-31-33-34-32-23)30-24(37)26(8-9-26)16-4-7-20-21(12-16)39-27(28,29)38-20/h4-7,10-12,18,33-34,36H,8-9,13-14H2,1-3H3,(H,30,37)(H,31,32). The van der Waals surface area contributed by atoms with Gasteiger partial charge in [0.05, 0.1) is 11.5 Å². The third kappa shape index (κ3) is 4.74. The fourth-order valence-corrected chi connectivity index (χ4v) is 5.25. The van der Waals surface area contributed by atoms with Crippen molar-refractivity contribution in [1.29, 1.82) is 0 Å². The van der Waals surface area contributed by atoms with Gasteiger partial charge in [0, 0.05) is 40.7 Å². The van der Waals surface area contributed by atoms with Crippen LogP contribution in [0.5, 0.6) is 11.5 Å². The number of alkyl halides is 2. The summed E-state index contributed by atoms with van der Waals surface area (Å²) in [5.74, 6) is 0.298. The first-order valence-corrected chi connectivity index (χ1v) is 12.8. The van der Waals surface area contributed by atoms with Crippen molar-refractivity contribution >= 4 is 28.3 Å². The van der Waals surface area contributed by atoms with Gasteiger partial charge in [0.25, 0.3) is 0 Å². The van der Waals surface area contributed by atoms with Crippen LogP contribution in [-0.4, -0.2) is 33.8 Å². The highest BCUT2D eigenvalue weighted by molar-refractivity contribution is 6.02. The predicted octanol–water partition coefficient (Wildman–Crippen LogP) is 3.61. The molecule has 10 nitrogen and oxygen atoms in total. The summed E-state index contributed by atoms with van der Waals surface area (Å²) in [4.78, 5) is 13.4. The van der Waals surface area contributed by atoms with Crippen molar-refractivity contribution < 1.29 is 28.2 Å². The van der Waals surface area contributed by atoms with Gasteiger partial charge in [0.2, 0.25) is 5.91 Å². The molecule has 1 atom stereocenters. The summed E-state index contributed by atoms with van der Waals surface area (Å²) in [6, 6.07) is 12.3. The number of hydrogen-bond donors (Lipinski definition) is 5. The number of halogens is 2. The molecule has 206 valence electrons. The van der Waals surface area contributed by atoms with Crippen molar-refractivity contribution in [2.75, 3.05) is 5.32 Å². The number of benzene rings is 2. The number of ether oxygens (including phenoxy) is 2. The molecule has 0 spiro atoms. The van der Waals surface area contributed by atoms with Gasteiger partial charge in [0.15, 0.2) is 11.5 Å². The summed E-state index contributed by atoms with van der Waals surface area (Å²) in [5, 5.41) is 18.8. The van der Waals surface area contributed by atoms with Crippen LogP contribution in [0.1, 0.15) is 51.3 Å². The highest BCUT2D eigenvalue weighted by Gasteiger charge is 2.52. The summed E-state index contributed by atoms with van der Waals surface area (Å²) in [5.41, 5.74) is 10.3. The normalized spacial score (nSPS) is 19.3. The number of nitrogens with zero attached hydrogens (tertiary/aromatic N) is 2. The number of aliphatic hydroxyl groups excluding tert-OH is 1. The lowest BCUT2D eigenvalue weighted by molar-refractivity contribution is -0.286. The molecule has 1 aliphatic carbocycles. The molecule has 3 aromatic rings. The maximum atomic E-state index is 13.5. The largest absolute Gasteiger partial charge is 0.586 e. The molecule has 2 aromatic carbocycles. The van der Waals surface area contributed by atoms with Crippen molar-refractivity contribution in [3.8, 4) is 11.5 Å². The highest BCUT2D eigenvalue weighted by atomic mass is 19.3. The Morgan fingerprint density at radius 3 is 2.62 bits per heavy atom. The zero-order chi connectivity index (χ0) is 27.6. The monoisotopic (exact) mass is 540 g/mol. The van der Waals surface area contributed by atoms with Crippen molar-refractivity contribution in [2.24, 2.45) is 5.10 Å². The van der Waals surface area contributed by atoms with E-state index >= 15 is 0 Å². The molecule has 1 fully saturated rings. The van der Waals surface area contributed by atoms with Crippen LogP contribution in [0.3, 0.4) is 0 Å². The van der Waals surface area contributed by atoms with Gasteiger partial charge in [0.1, 0.15) is 5.84 Å². The van der Waals surface area contributed by atoms with Gasteiger partial charge in [-0.3, -0.25) is 10.2 Å². The van der Waals surface area contributed by atoms with E-state index in [0.717, 1.165) is 16.6 Å². The minimum absolute atomic E-state index is 0.0458. The van der Waals surface area contributed by atoms with Crippen molar-refractivity contribution in [3.05, 3.63) is 53.7 Å². The molecule has 3 aliphatic rings. The number of nitrogens with one attached hydrogen (secondary N) is 4. The number of amides is 1. The topological polar surface area (TPSA) is 121 Å². The summed E-state index contributed by atoms with van der Waals surface area (Å²) in [6.45, 7) is 6.71. The van der Waals surface area contributed by atoms with Gasteiger partial charge >= 0.3 is 6.29 Å². The van der Waals surface area contributed by atoms with Crippen LogP contribution in [0.15, 0.2) is 47.6 Å². The lowest BCUT2D eigenvalue weighted by Crippen LogP contribution is -2.36. The Balaban J connectivity index is 1.24. The second-order valence-corrected chi connectivity index (χ2v) is 11.3. The maximum Gasteiger partial charge on any atom is 0.586 e. The zero-order valence-corrected chi connectivity index (χ0v) is 21.8. The summed E-state index contributed by atoms with van der Waals surface area (Å²) in [6.07, 6.45) is -2.83. The molecule has 2 aliphatic heterocycles. The third-order valence-electron chi connectivity index (χ3n) is 7.34. The number of hydrogen-bond acceptors (Lipinski definition) is 8. The number of fused-ring (bicyclic) bond motifs is 2. The van der Waals surface area contributed by atoms with Gasteiger partial charge in [-0.05, 0) is 54.8 Å². The van der Waals surface area contributed by atoms with Crippen LogP contribution in [0.25, 0.3) is 10.9 Å². The number of aliphatic hydroxyl groups is 1. The summed E-state index contributed by atoms with van der Waals surface area (Å²) >= 11 is 0. The molecule has 5 N–H and O–H groups in total. The molecule has 6 rings (SSSR count). The first kappa shape index (κ1) is 25.4. The van der Waals surface area contributed by atoms with Crippen LogP contribution < -0.4 is 31.3 Å². The van der Waals surface area contributed by atoms with Gasteiger partial charge in [-0.1, -0.05) is 26.8 Å². The van der Waals surface area contributed by atoms with Gasteiger partial charge < -0.3 is 24.5 Å². The lowest BCUT2D eigenvalue weighted by atomic mass is 9.92.